The second kappa shape index (κ2) is 35.0. The number of halogens is 14. The largest absolute Gasteiger partial charge is 0.433 e. The highest BCUT2D eigenvalue weighted by Gasteiger charge is 2.51. The maximum atomic E-state index is 14.9. The summed E-state index contributed by atoms with van der Waals surface area (Å²) >= 11 is 0. The number of alkyl halides is 12. The Morgan fingerprint density at radius 2 is 0.803 bits per heavy atom. The lowest BCUT2D eigenvalue weighted by Crippen LogP contribution is -2.58. The van der Waals surface area contributed by atoms with E-state index in [1.807, 2.05) is 13.1 Å². The number of hydrogen-bond donors (Lipinski definition) is 7. The Morgan fingerprint density at radius 3 is 1.19 bits per heavy atom. The number of Topliss-reactive ketones (excluding diaryl/α,β-unsaturated/α-hetero) is 1. The number of hydrogen-bond acceptors (Lipinski definition) is 22. The van der Waals surface area contributed by atoms with E-state index < -0.39 is 123 Å². The number of ether oxygens (including phenoxy) is 4. The van der Waals surface area contributed by atoms with Crippen molar-refractivity contribution in [3.63, 3.8) is 0 Å². The number of rotatable bonds is 15. The summed E-state index contributed by atoms with van der Waals surface area (Å²) in [6, 6.07) is 8.25. The van der Waals surface area contributed by atoms with Gasteiger partial charge in [-0.15, -0.1) is 0 Å². The first-order valence-corrected chi connectivity index (χ1v) is 39.8. The predicted molar refractivity (Wildman–Crippen MR) is 415 cm³/mol. The molecule has 12 aromatic rings. The number of fused-ring (bicyclic) bond motifs is 4. The van der Waals surface area contributed by atoms with E-state index in [-0.39, 0.29) is 135 Å². The van der Waals surface area contributed by atoms with Crippen molar-refractivity contribution in [2.24, 2.45) is 0 Å². The molecule has 4 aliphatic heterocycles. The van der Waals surface area contributed by atoms with Crippen LogP contribution in [0.5, 0.6) is 0 Å². The van der Waals surface area contributed by atoms with Crippen molar-refractivity contribution >= 4 is 46.1 Å². The average molecular weight is 1780 g/mol. The Balaban J connectivity index is 0.000000131. The number of aryl methyl sites for hydroxylation is 3. The summed E-state index contributed by atoms with van der Waals surface area (Å²) < 4.78 is 212. The van der Waals surface area contributed by atoms with Crippen LogP contribution in [-0.2, 0) is 65.7 Å². The fourth-order valence-electron chi connectivity index (χ4n) is 16.2. The third-order valence-corrected chi connectivity index (χ3v) is 23.4. The van der Waals surface area contributed by atoms with Crippen LogP contribution in [0.4, 0.5) is 61.5 Å². The van der Waals surface area contributed by atoms with Crippen LogP contribution in [0.1, 0.15) is 184 Å². The molecule has 29 nitrogen and oxygen atoms in total. The van der Waals surface area contributed by atoms with E-state index in [0.29, 0.717) is 58.2 Å². The first kappa shape index (κ1) is 89.8. The van der Waals surface area contributed by atoms with E-state index in [9.17, 15) is 101 Å². The molecule has 0 bridgehead atoms. The number of carbonyl (C=O) groups excluding carboxylic acids is 4. The smallest absolute Gasteiger partial charge is 0.390 e. The monoisotopic (exact) mass is 1780 g/mol. The highest BCUT2D eigenvalue weighted by Crippen LogP contribution is 2.46. The van der Waals surface area contributed by atoms with Gasteiger partial charge < -0.3 is 55.3 Å². The molecule has 8 atom stereocenters. The minimum atomic E-state index is -4.73. The van der Waals surface area contributed by atoms with Crippen LogP contribution in [0.2, 0.25) is 0 Å². The Kier molecular flexibility index (Phi) is 24.7. The summed E-state index contributed by atoms with van der Waals surface area (Å²) in [5.41, 5.74) is -3.92. The Morgan fingerprint density at radius 1 is 0.425 bits per heavy atom. The molecule has 7 N–H and O–H groups in total. The van der Waals surface area contributed by atoms with Crippen molar-refractivity contribution in [1.82, 2.24) is 84.3 Å². The van der Waals surface area contributed by atoms with Gasteiger partial charge >= 0.3 is 24.7 Å². The van der Waals surface area contributed by atoms with Crippen LogP contribution >= 0.6 is 0 Å². The molecule has 2 saturated carbocycles. The number of carbonyl (C=O) groups is 4. The zero-order valence-corrected chi connectivity index (χ0v) is 67.4. The number of amides is 3. The van der Waals surface area contributed by atoms with Crippen molar-refractivity contribution in [3.05, 3.63) is 248 Å². The summed E-state index contributed by atoms with van der Waals surface area (Å²) in [7, 11) is 0. The zero-order valence-electron chi connectivity index (χ0n) is 67.4. The van der Waals surface area contributed by atoms with Gasteiger partial charge in [-0.2, -0.15) is 73.1 Å². The summed E-state index contributed by atoms with van der Waals surface area (Å²) in [5, 5.41) is 67.8. The molecule has 6 fully saturated rings. The van der Waals surface area contributed by atoms with Gasteiger partial charge in [-0.25, -0.2) is 46.8 Å². The third kappa shape index (κ3) is 18.4. The van der Waals surface area contributed by atoms with Crippen LogP contribution in [0.15, 0.2) is 141 Å². The quantitative estimate of drug-likeness (QED) is 0.0370. The van der Waals surface area contributed by atoms with E-state index >= 15 is 0 Å². The molecular formula is C84H79F14N17O12. The van der Waals surface area contributed by atoms with Gasteiger partial charge in [0.1, 0.15) is 58.0 Å². The normalized spacial score (nSPS) is 22.9. The molecule has 10 aromatic heterocycles. The molecule has 4 saturated heterocycles. The number of pyridine rings is 2. The summed E-state index contributed by atoms with van der Waals surface area (Å²) in [5.74, 6) is -3.69. The molecule has 14 heterocycles. The molecule has 127 heavy (non-hydrogen) atoms. The number of aliphatic hydroxyl groups is 4. The minimum absolute atomic E-state index is 0.0228. The number of benzene rings is 2. The second-order valence-electron chi connectivity index (χ2n) is 31.9. The van der Waals surface area contributed by atoms with Gasteiger partial charge in [0.2, 0.25) is 0 Å². The molecule has 0 spiro atoms. The standard InChI is InChI=1S/C23H23F3N4O3.C22H20F4N4O3.C20H18F4N4O3.C19H18F3N5O3/c1-13-20(21-28-9-15(14-2-3-14)11-30(21)29-13)17(31)8-22(6-7-33-12-19(22)32)16-4-5-18(27-10-16)23(24,25)26;23-17-7-14(22(24,25)26)3-4-16(17)21(5-6-33-11-18(21)31)29-20(32)15-9-28-30-10-13(12-1-2-12)8-27-19(15)30;1-11-7-25-17-13(8-26-28(17)9-11)18(30)27-19(4-5-31-10-16(19)29)14-3-2-12(6-15(14)21)20(22,23)24;1-11-6-24-16-13(8-25-27(16)9-11)17(29)26-18(4-5-30-10-15(18)28)12-2-3-14(23-7-12)19(20,21)22/h4-5,9-11,14,19,32H,2-3,6-8,12H2,1H3;3-4,7-10,12,18,31H,1-2,5-6,11H2,(H,29,32);2-3,6-9,16,29H,4-5,10H2,1H3,(H,27,30);2-3,6-9,15,28H,4-5,10H2,1H3,(H,26,29). The van der Waals surface area contributed by atoms with Crippen LogP contribution in [0.3, 0.4) is 0 Å². The molecule has 18 rings (SSSR count). The van der Waals surface area contributed by atoms with Crippen molar-refractivity contribution in [2.75, 3.05) is 52.9 Å². The Hall–Kier alpha value is -12.0. The van der Waals surface area contributed by atoms with E-state index in [1.54, 1.807) is 61.7 Å². The fraction of sp³-hybridized carbons (Fsp3) is 0.405. The van der Waals surface area contributed by atoms with Crippen molar-refractivity contribution in [3.8, 4) is 0 Å². The molecule has 0 radical (unpaired) electrons. The first-order valence-electron chi connectivity index (χ1n) is 39.8. The second-order valence-corrected chi connectivity index (χ2v) is 31.9. The van der Waals surface area contributed by atoms with Crippen molar-refractivity contribution in [1.29, 1.82) is 0 Å². The first-order chi connectivity index (χ1) is 60.2. The fourth-order valence-corrected chi connectivity index (χ4v) is 16.2. The molecule has 6 aliphatic rings. The summed E-state index contributed by atoms with van der Waals surface area (Å²) in [6.45, 7) is 5.38. The molecular weight excluding hydrogens is 1710 g/mol. The van der Waals surface area contributed by atoms with Gasteiger partial charge in [0.05, 0.1) is 90.1 Å². The maximum Gasteiger partial charge on any atom is 0.433 e. The van der Waals surface area contributed by atoms with Gasteiger partial charge in [-0.05, 0) is 134 Å². The van der Waals surface area contributed by atoms with Crippen molar-refractivity contribution < 1.29 is 120 Å². The number of ketones is 1. The van der Waals surface area contributed by atoms with Gasteiger partial charge in [0.25, 0.3) is 17.7 Å². The van der Waals surface area contributed by atoms with Crippen LogP contribution < -0.4 is 16.0 Å². The Bertz CT molecular complexity index is 6120. The van der Waals surface area contributed by atoms with Crippen LogP contribution in [0.25, 0.3) is 22.6 Å². The zero-order chi connectivity index (χ0) is 90.7. The van der Waals surface area contributed by atoms with Gasteiger partial charge in [-0.1, -0.05) is 24.3 Å². The summed E-state index contributed by atoms with van der Waals surface area (Å²) in [4.78, 5) is 77.2. The summed E-state index contributed by atoms with van der Waals surface area (Å²) in [6.07, 6.45) is 0.603. The van der Waals surface area contributed by atoms with E-state index in [2.05, 4.69) is 66.2 Å². The lowest BCUT2D eigenvalue weighted by molar-refractivity contribution is -0.142. The number of aliphatic hydroxyl groups excluding tert-OH is 4. The molecule has 43 heteroatoms. The molecule has 8 unspecified atom stereocenters. The third-order valence-electron chi connectivity index (χ3n) is 23.4. The van der Waals surface area contributed by atoms with Crippen LogP contribution in [0, 0.1) is 32.4 Å². The van der Waals surface area contributed by atoms with E-state index in [1.165, 1.54) is 44.3 Å². The molecule has 3 amide bonds. The lowest BCUT2D eigenvalue weighted by Gasteiger charge is -2.42. The van der Waals surface area contributed by atoms with E-state index in [0.717, 1.165) is 90.7 Å². The topological polar surface area (TPSA) is 369 Å². The molecule has 2 aliphatic carbocycles. The highest BCUT2D eigenvalue weighted by molar-refractivity contribution is 6.04. The van der Waals surface area contributed by atoms with E-state index in [4.69, 9.17) is 18.9 Å². The molecule has 2 aromatic carbocycles. The highest BCUT2D eigenvalue weighted by atomic mass is 19.4. The number of aromatic nitrogens is 14. The number of nitrogens with one attached hydrogen (secondary N) is 3. The molecule has 670 valence electrons. The van der Waals surface area contributed by atoms with Gasteiger partial charge in [-0.3, -0.25) is 29.1 Å². The number of nitrogens with zero attached hydrogens (tertiary/aromatic N) is 14. The van der Waals surface area contributed by atoms with Crippen LogP contribution in [-0.4, -0.2) is 190 Å². The van der Waals surface area contributed by atoms with Crippen molar-refractivity contribution in [2.45, 2.75) is 162 Å². The lowest BCUT2D eigenvalue weighted by atomic mass is 9.69. The SMILES string of the molecule is Cc1cnc2c(C(=O)NC3(c4ccc(C(F)(F)F)cc4F)CCOCC3O)cnn2c1.Cc1cnc2c(C(=O)NC3(c4ccc(C(F)(F)F)nc4)CCOCC3O)cnn2c1.Cc1nn2cc(C3CC3)cnc2c1C(=O)CC1(c2ccc(C(F)(F)F)nc2)CCOCC1O.O=C(NC1(c2ccc(C(F)(F)F)cc2F)CCOCC1O)c1cnn2cc(C3CC3)cnc12. The Labute approximate surface area is 709 Å². The minimum Gasteiger partial charge on any atom is -0.390 e. The maximum absolute atomic E-state index is 14.9. The van der Waals surface area contributed by atoms with Gasteiger partial charge in [0.15, 0.2) is 28.4 Å². The average Bonchev–Trinajstić information content (AvgIpc) is 1.74. The predicted octanol–water partition coefficient (Wildman–Crippen LogP) is 11.3. The van der Waals surface area contributed by atoms with Gasteiger partial charge in [0, 0.05) is 131 Å².